The highest BCUT2D eigenvalue weighted by Crippen LogP contribution is 2.26. The largest absolute Gasteiger partial charge is 0.330 e. The monoisotopic (exact) mass is 287 g/mol. The number of hydrogen-bond acceptors (Lipinski definition) is 4. The number of halogens is 1. The summed E-state index contributed by atoms with van der Waals surface area (Å²) in [5.74, 6) is -0.645. The normalized spacial score (nSPS) is 21.5. The molecule has 1 aliphatic rings. The molecule has 1 fully saturated rings. The Morgan fingerprint density at radius 3 is 2.89 bits per heavy atom. The minimum Gasteiger partial charge on any atom is -0.330 e. The molecule has 5 nitrogen and oxygen atoms in total. The van der Waals surface area contributed by atoms with E-state index in [1.54, 1.807) is 0 Å². The smallest absolute Gasteiger partial charge is 0.244 e. The van der Waals surface area contributed by atoms with Crippen LogP contribution in [0.1, 0.15) is 25.7 Å². The van der Waals surface area contributed by atoms with Crippen LogP contribution in [0.25, 0.3) is 0 Å². The van der Waals surface area contributed by atoms with Crippen LogP contribution in [0.4, 0.5) is 4.39 Å². The summed E-state index contributed by atoms with van der Waals surface area (Å²) < 4.78 is 39.6. The van der Waals surface area contributed by atoms with E-state index in [9.17, 15) is 12.8 Å². The van der Waals surface area contributed by atoms with Gasteiger partial charge in [0, 0.05) is 18.8 Å². The molecule has 1 aliphatic heterocycles. The van der Waals surface area contributed by atoms with E-state index in [2.05, 4.69) is 4.98 Å². The van der Waals surface area contributed by atoms with Crippen molar-refractivity contribution in [3.05, 3.63) is 24.3 Å². The van der Waals surface area contributed by atoms with Gasteiger partial charge in [-0.05, 0) is 31.9 Å². The molecule has 0 bridgehead atoms. The molecule has 1 atom stereocenters. The third-order valence-corrected chi connectivity index (χ3v) is 5.28. The van der Waals surface area contributed by atoms with E-state index >= 15 is 0 Å². The van der Waals surface area contributed by atoms with Crippen molar-refractivity contribution in [3.63, 3.8) is 0 Å². The lowest BCUT2D eigenvalue weighted by molar-refractivity contribution is 0.243. The van der Waals surface area contributed by atoms with Gasteiger partial charge in [0.15, 0.2) is 0 Å². The fourth-order valence-corrected chi connectivity index (χ4v) is 4.14. The third-order valence-electron chi connectivity index (χ3n) is 3.36. The summed E-state index contributed by atoms with van der Waals surface area (Å²) in [6.07, 6.45) is 5.43. The van der Waals surface area contributed by atoms with Crippen LogP contribution in [0.3, 0.4) is 0 Å². The number of aromatic nitrogens is 1. The molecule has 1 aromatic heterocycles. The summed E-state index contributed by atoms with van der Waals surface area (Å²) in [7, 11) is -3.68. The van der Waals surface area contributed by atoms with Gasteiger partial charge in [0.1, 0.15) is 10.7 Å². The number of nitrogens with two attached hydrogens (primary N) is 1. The van der Waals surface area contributed by atoms with E-state index in [1.807, 2.05) is 0 Å². The fraction of sp³-hybridized carbons (Fsp3) is 0.583. The van der Waals surface area contributed by atoms with Crippen LogP contribution in [0.15, 0.2) is 23.4 Å². The second-order valence-corrected chi connectivity index (χ2v) is 6.57. The van der Waals surface area contributed by atoms with E-state index in [4.69, 9.17) is 5.73 Å². The van der Waals surface area contributed by atoms with E-state index in [0.717, 1.165) is 31.5 Å². The van der Waals surface area contributed by atoms with Crippen LogP contribution in [-0.4, -0.2) is 36.8 Å². The van der Waals surface area contributed by atoms with Gasteiger partial charge >= 0.3 is 0 Å². The summed E-state index contributed by atoms with van der Waals surface area (Å²) in [6, 6.07) is 0.920. The quantitative estimate of drug-likeness (QED) is 0.900. The average Bonchev–Trinajstić information content (AvgIpc) is 2.39. The SMILES string of the molecule is NCC[C@@H]1CCCCN1S(=O)(=O)c1cncc(F)c1. The Morgan fingerprint density at radius 1 is 1.42 bits per heavy atom. The Hall–Kier alpha value is -1.05. The summed E-state index contributed by atoms with van der Waals surface area (Å²) >= 11 is 0. The summed E-state index contributed by atoms with van der Waals surface area (Å²) in [6.45, 7) is 0.904. The Bertz CT molecular complexity index is 534. The molecule has 0 amide bonds. The van der Waals surface area contributed by atoms with Gasteiger partial charge in [-0.3, -0.25) is 4.98 Å². The Balaban J connectivity index is 2.31. The second kappa shape index (κ2) is 5.94. The molecule has 0 unspecified atom stereocenters. The van der Waals surface area contributed by atoms with Crippen molar-refractivity contribution >= 4 is 10.0 Å². The van der Waals surface area contributed by atoms with Crippen molar-refractivity contribution in [2.75, 3.05) is 13.1 Å². The lowest BCUT2D eigenvalue weighted by Crippen LogP contribution is -2.44. The molecule has 7 heteroatoms. The van der Waals surface area contributed by atoms with Gasteiger partial charge in [-0.2, -0.15) is 4.31 Å². The van der Waals surface area contributed by atoms with Crippen molar-refractivity contribution in [2.24, 2.45) is 5.73 Å². The molecule has 0 radical (unpaired) electrons. The number of nitrogens with zero attached hydrogens (tertiary/aromatic N) is 2. The van der Waals surface area contributed by atoms with E-state index in [-0.39, 0.29) is 10.9 Å². The second-order valence-electron chi connectivity index (χ2n) is 4.68. The van der Waals surface area contributed by atoms with Gasteiger partial charge in [0.05, 0.1) is 6.20 Å². The number of hydrogen-bond donors (Lipinski definition) is 1. The summed E-state index contributed by atoms with van der Waals surface area (Å²) in [5, 5.41) is 0. The number of rotatable bonds is 4. The molecule has 2 rings (SSSR count). The third kappa shape index (κ3) is 3.10. The molecule has 0 spiro atoms. The van der Waals surface area contributed by atoms with Crippen LogP contribution in [0, 0.1) is 5.82 Å². The maximum Gasteiger partial charge on any atom is 0.244 e. The lowest BCUT2D eigenvalue weighted by Gasteiger charge is -2.34. The molecular weight excluding hydrogens is 269 g/mol. The van der Waals surface area contributed by atoms with Crippen molar-refractivity contribution in [2.45, 2.75) is 36.6 Å². The predicted molar refractivity (Wildman–Crippen MR) is 69.4 cm³/mol. The van der Waals surface area contributed by atoms with Crippen molar-refractivity contribution in [1.82, 2.24) is 9.29 Å². The standard InChI is InChI=1S/C12H18FN3O2S/c13-10-7-12(9-15-8-10)19(17,18)16-6-2-1-3-11(16)4-5-14/h7-9,11H,1-6,14H2/t11-/m0/s1. The molecule has 1 aromatic rings. The van der Waals surface area contributed by atoms with Crippen LogP contribution < -0.4 is 5.73 Å². The van der Waals surface area contributed by atoms with Crippen LogP contribution in [0.5, 0.6) is 0 Å². The first-order chi connectivity index (χ1) is 9.05. The maximum absolute atomic E-state index is 13.1. The highest BCUT2D eigenvalue weighted by Gasteiger charge is 2.33. The van der Waals surface area contributed by atoms with Crippen molar-refractivity contribution in [3.8, 4) is 0 Å². The minimum absolute atomic E-state index is 0.0866. The summed E-state index contributed by atoms with van der Waals surface area (Å²) in [4.78, 5) is 3.52. The maximum atomic E-state index is 13.1. The molecule has 19 heavy (non-hydrogen) atoms. The van der Waals surface area contributed by atoms with Crippen molar-refractivity contribution in [1.29, 1.82) is 0 Å². The summed E-state index contributed by atoms with van der Waals surface area (Å²) in [5.41, 5.74) is 5.53. The predicted octanol–water partition coefficient (Wildman–Crippen LogP) is 1.11. The highest BCUT2D eigenvalue weighted by atomic mass is 32.2. The minimum atomic E-state index is -3.68. The fourth-order valence-electron chi connectivity index (χ4n) is 2.44. The molecule has 106 valence electrons. The van der Waals surface area contributed by atoms with Crippen molar-refractivity contribution < 1.29 is 12.8 Å². The number of pyridine rings is 1. The first-order valence-corrected chi connectivity index (χ1v) is 7.82. The van der Waals surface area contributed by atoms with Gasteiger partial charge in [-0.25, -0.2) is 12.8 Å². The van der Waals surface area contributed by atoms with Crippen LogP contribution in [-0.2, 0) is 10.0 Å². The zero-order valence-electron chi connectivity index (χ0n) is 10.6. The molecule has 0 saturated carbocycles. The van der Waals surface area contributed by atoms with Crippen LogP contribution >= 0.6 is 0 Å². The highest BCUT2D eigenvalue weighted by molar-refractivity contribution is 7.89. The topological polar surface area (TPSA) is 76.3 Å². The van der Waals surface area contributed by atoms with E-state index < -0.39 is 15.8 Å². The zero-order valence-corrected chi connectivity index (χ0v) is 11.4. The zero-order chi connectivity index (χ0) is 13.9. The van der Waals surface area contributed by atoms with Gasteiger partial charge in [0.25, 0.3) is 0 Å². The van der Waals surface area contributed by atoms with Gasteiger partial charge in [-0.15, -0.1) is 0 Å². The molecule has 1 saturated heterocycles. The molecule has 2 heterocycles. The Kier molecular flexibility index (Phi) is 4.49. The molecular formula is C12H18FN3O2S. The Labute approximate surface area is 112 Å². The molecule has 0 aliphatic carbocycles. The average molecular weight is 287 g/mol. The molecule has 2 N–H and O–H groups in total. The lowest BCUT2D eigenvalue weighted by atomic mass is 10.0. The van der Waals surface area contributed by atoms with Gasteiger partial charge in [0.2, 0.25) is 10.0 Å². The van der Waals surface area contributed by atoms with Gasteiger partial charge < -0.3 is 5.73 Å². The first-order valence-electron chi connectivity index (χ1n) is 6.38. The molecule has 0 aromatic carbocycles. The number of piperidine rings is 1. The Morgan fingerprint density at radius 2 is 2.21 bits per heavy atom. The van der Waals surface area contributed by atoms with E-state index in [1.165, 1.54) is 10.5 Å². The van der Waals surface area contributed by atoms with Gasteiger partial charge in [-0.1, -0.05) is 6.42 Å². The van der Waals surface area contributed by atoms with Crippen LogP contribution in [0.2, 0.25) is 0 Å². The number of sulfonamides is 1. The first kappa shape index (κ1) is 14.4. The van der Waals surface area contributed by atoms with E-state index in [0.29, 0.717) is 19.5 Å².